The minimum atomic E-state index is -0.267. The summed E-state index contributed by atoms with van der Waals surface area (Å²) in [6.45, 7) is 4.90. The Kier molecular flexibility index (Phi) is 4.82. The van der Waals surface area contributed by atoms with Crippen LogP contribution in [0.3, 0.4) is 0 Å². The normalized spacial score (nSPS) is 14.7. The van der Waals surface area contributed by atoms with Gasteiger partial charge < -0.3 is 14.5 Å². The fourth-order valence-corrected chi connectivity index (χ4v) is 3.66. The van der Waals surface area contributed by atoms with Crippen LogP contribution < -0.4 is 4.90 Å². The molecule has 0 spiro atoms. The summed E-state index contributed by atoms with van der Waals surface area (Å²) in [5, 5.41) is 2.45. The molecule has 0 aliphatic carbocycles. The summed E-state index contributed by atoms with van der Waals surface area (Å²) in [6, 6.07) is 20.8. The van der Waals surface area contributed by atoms with Crippen LogP contribution in [0, 0.1) is 0 Å². The Morgan fingerprint density at radius 1 is 1.00 bits per heavy atom. The Hall–Kier alpha value is -2.85. The number of likely N-dealkylation sites (N-methyl/N-ethyl adjacent to an activating group) is 1. The van der Waals surface area contributed by atoms with E-state index in [4.69, 9.17) is 4.74 Å². The van der Waals surface area contributed by atoms with Gasteiger partial charge in [-0.15, -0.1) is 0 Å². The number of esters is 1. The maximum Gasteiger partial charge on any atom is 0.338 e. The predicted octanol–water partition coefficient (Wildman–Crippen LogP) is 4.60. The number of hydrogen-bond acceptors (Lipinski definition) is 4. The maximum absolute atomic E-state index is 12.2. The first kappa shape index (κ1) is 17.6. The first-order valence-corrected chi connectivity index (χ1v) is 9.40. The largest absolute Gasteiger partial charge is 0.462 e. The van der Waals surface area contributed by atoms with Gasteiger partial charge in [0.1, 0.15) is 0 Å². The third-order valence-corrected chi connectivity index (χ3v) is 5.08. The summed E-state index contributed by atoms with van der Waals surface area (Å²) in [7, 11) is 2.13. The molecular formula is C23H24N2O2. The van der Waals surface area contributed by atoms with E-state index < -0.39 is 0 Å². The van der Waals surface area contributed by atoms with Crippen molar-refractivity contribution in [2.24, 2.45) is 0 Å². The van der Waals surface area contributed by atoms with Crippen LogP contribution in [-0.2, 0) is 11.3 Å². The van der Waals surface area contributed by atoms with Crippen LogP contribution in [0.5, 0.6) is 0 Å². The van der Waals surface area contributed by atoms with Gasteiger partial charge >= 0.3 is 5.97 Å². The molecule has 0 saturated heterocycles. The summed E-state index contributed by atoms with van der Waals surface area (Å²) in [6.07, 6.45) is 0. The molecule has 0 saturated carbocycles. The molecule has 1 aliphatic heterocycles. The van der Waals surface area contributed by atoms with Gasteiger partial charge in [-0.05, 0) is 54.6 Å². The topological polar surface area (TPSA) is 32.8 Å². The molecule has 0 radical (unpaired) electrons. The van der Waals surface area contributed by atoms with Gasteiger partial charge in [0.25, 0.3) is 0 Å². The van der Waals surface area contributed by atoms with Gasteiger partial charge in [-0.2, -0.15) is 0 Å². The van der Waals surface area contributed by atoms with Crippen molar-refractivity contribution in [1.29, 1.82) is 0 Å². The number of ether oxygens (including phenoxy) is 1. The number of rotatable bonds is 3. The van der Waals surface area contributed by atoms with Crippen molar-refractivity contribution in [2.75, 3.05) is 31.6 Å². The van der Waals surface area contributed by atoms with E-state index in [9.17, 15) is 4.79 Å². The number of carbonyl (C=O) groups excluding carboxylic acids is 1. The Bertz CT molecular complexity index is 983. The van der Waals surface area contributed by atoms with Gasteiger partial charge in [-0.25, -0.2) is 4.79 Å². The highest BCUT2D eigenvalue weighted by atomic mass is 16.5. The molecule has 4 rings (SSSR count). The van der Waals surface area contributed by atoms with E-state index in [1.807, 2.05) is 19.1 Å². The molecule has 0 atom stereocenters. The van der Waals surface area contributed by atoms with E-state index in [1.54, 1.807) is 0 Å². The highest BCUT2D eigenvalue weighted by Crippen LogP contribution is 2.34. The van der Waals surface area contributed by atoms with Gasteiger partial charge in [-0.3, -0.25) is 0 Å². The van der Waals surface area contributed by atoms with Crippen molar-refractivity contribution >= 4 is 28.1 Å². The van der Waals surface area contributed by atoms with Crippen LogP contribution in [0.1, 0.15) is 22.8 Å². The minimum absolute atomic E-state index is 0.267. The van der Waals surface area contributed by atoms with Crippen LogP contribution in [0.2, 0.25) is 0 Å². The molecule has 0 fully saturated rings. The fraction of sp³-hybridized carbons (Fsp3) is 0.261. The molecular weight excluding hydrogens is 336 g/mol. The quantitative estimate of drug-likeness (QED) is 0.639. The monoisotopic (exact) mass is 360 g/mol. The maximum atomic E-state index is 12.2. The Labute approximate surface area is 160 Å². The molecule has 0 bridgehead atoms. The predicted molar refractivity (Wildman–Crippen MR) is 110 cm³/mol. The SMILES string of the molecule is CCOC(=O)c1ccc2c(c1)N(c1ccc3ccccc3c1)CCN(C)C2. The van der Waals surface area contributed by atoms with E-state index >= 15 is 0 Å². The minimum Gasteiger partial charge on any atom is -0.462 e. The van der Waals surface area contributed by atoms with Gasteiger partial charge in [0.05, 0.1) is 12.2 Å². The first-order valence-electron chi connectivity index (χ1n) is 9.40. The highest BCUT2D eigenvalue weighted by Gasteiger charge is 2.21. The molecule has 4 nitrogen and oxygen atoms in total. The molecule has 0 aromatic heterocycles. The second-order valence-corrected chi connectivity index (χ2v) is 6.98. The summed E-state index contributed by atoms with van der Waals surface area (Å²) in [5.74, 6) is -0.267. The van der Waals surface area contributed by atoms with E-state index in [0.29, 0.717) is 12.2 Å². The first-order chi connectivity index (χ1) is 13.2. The van der Waals surface area contributed by atoms with E-state index in [2.05, 4.69) is 65.4 Å². The molecule has 4 heteroatoms. The Morgan fingerprint density at radius 2 is 1.81 bits per heavy atom. The van der Waals surface area contributed by atoms with E-state index in [1.165, 1.54) is 16.3 Å². The number of fused-ring (bicyclic) bond motifs is 2. The summed E-state index contributed by atoms with van der Waals surface area (Å²) >= 11 is 0. The Morgan fingerprint density at radius 3 is 2.63 bits per heavy atom. The molecule has 27 heavy (non-hydrogen) atoms. The fourth-order valence-electron chi connectivity index (χ4n) is 3.66. The van der Waals surface area contributed by atoms with E-state index in [0.717, 1.165) is 31.0 Å². The van der Waals surface area contributed by atoms with Crippen molar-refractivity contribution in [1.82, 2.24) is 4.90 Å². The Balaban J connectivity index is 1.80. The zero-order valence-corrected chi connectivity index (χ0v) is 15.8. The smallest absolute Gasteiger partial charge is 0.338 e. The molecule has 0 unspecified atom stereocenters. The van der Waals surface area contributed by atoms with Crippen LogP contribution >= 0.6 is 0 Å². The lowest BCUT2D eigenvalue weighted by Crippen LogP contribution is -2.26. The highest BCUT2D eigenvalue weighted by molar-refractivity contribution is 5.92. The average molecular weight is 360 g/mol. The standard InChI is InChI=1S/C23H24N2O2/c1-3-27-23(26)19-8-9-20-16-24(2)12-13-25(22(20)15-19)21-11-10-17-6-4-5-7-18(17)14-21/h4-11,14-15H,3,12-13,16H2,1-2H3. The molecule has 0 amide bonds. The second kappa shape index (κ2) is 7.41. The third-order valence-electron chi connectivity index (χ3n) is 5.08. The van der Waals surface area contributed by atoms with E-state index in [-0.39, 0.29) is 5.97 Å². The number of carbonyl (C=O) groups is 1. The number of benzene rings is 3. The molecule has 138 valence electrons. The van der Waals surface area contributed by atoms with Crippen LogP contribution in [-0.4, -0.2) is 37.6 Å². The summed E-state index contributed by atoms with van der Waals surface area (Å²) in [5.41, 5.74) is 4.05. The van der Waals surface area contributed by atoms with Crippen molar-refractivity contribution < 1.29 is 9.53 Å². The molecule has 1 heterocycles. The molecule has 3 aromatic carbocycles. The molecule has 1 aliphatic rings. The molecule has 0 N–H and O–H groups in total. The van der Waals surface area contributed by atoms with Crippen LogP contribution in [0.15, 0.2) is 60.7 Å². The number of nitrogens with zero attached hydrogens (tertiary/aromatic N) is 2. The summed E-state index contributed by atoms with van der Waals surface area (Å²) < 4.78 is 5.20. The number of anilines is 2. The lowest BCUT2D eigenvalue weighted by Gasteiger charge is -2.25. The van der Waals surface area contributed by atoms with Gasteiger partial charge in [0, 0.05) is 31.0 Å². The van der Waals surface area contributed by atoms with Crippen molar-refractivity contribution in [3.05, 3.63) is 71.8 Å². The summed E-state index contributed by atoms with van der Waals surface area (Å²) in [4.78, 5) is 16.9. The van der Waals surface area contributed by atoms with Crippen molar-refractivity contribution in [3.8, 4) is 0 Å². The zero-order valence-electron chi connectivity index (χ0n) is 15.8. The van der Waals surface area contributed by atoms with Crippen LogP contribution in [0.25, 0.3) is 10.8 Å². The van der Waals surface area contributed by atoms with Crippen molar-refractivity contribution in [2.45, 2.75) is 13.5 Å². The van der Waals surface area contributed by atoms with Crippen molar-refractivity contribution in [3.63, 3.8) is 0 Å². The van der Waals surface area contributed by atoms with Gasteiger partial charge in [-0.1, -0.05) is 36.4 Å². The average Bonchev–Trinajstić information content (AvgIpc) is 2.85. The van der Waals surface area contributed by atoms with Crippen LogP contribution in [0.4, 0.5) is 11.4 Å². The third kappa shape index (κ3) is 3.53. The van der Waals surface area contributed by atoms with Gasteiger partial charge in [0.2, 0.25) is 0 Å². The lowest BCUT2D eigenvalue weighted by molar-refractivity contribution is 0.0526. The number of hydrogen-bond donors (Lipinski definition) is 0. The lowest BCUT2D eigenvalue weighted by atomic mass is 10.1. The second-order valence-electron chi connectivity index (χ2n) is 6.98. The zero-order chi connectivity index (χ0) is 18.8. The molecule has 3 aromatic rings. The van der Waals surface area contributed by atoms with Gasteiger partial charge in [0.15, 0.2) is 0 Å².